The lowest BCUT2D eigenvalue weighted by Crippen LogP contribution is -2.10. The van der Waals surface area contributed by atoms with E-state index >= 15 is 0 Å². The summed E-state index contributed by atoms with van der Waals surface area (Å²) in [4.78, 5) is 12.2. The van der Waals surface area contributed by atoms with Crippen molar-refractivity contribution in [2.24, 2.45) is 0 Å². The average Bonchev–Trinajstić information content (AvgIpc) is 2.97. The van der Waals surface area contributed by atoms with Gasteiger partial charge in [-0.15, -0.1) is 0 Å². The second kappa shape index (κ2) is 7.32. The number of hydrogen-bond acceptors (Lipinski definition) is 6. The van der Waals surface area contributed by atoms with E-state index in [0.717, 1.165) is 25.9 Å². The van der Waals surface area contributed by atoms with E-state index < -0.39 is 0 Å². The molecular weight excluding hydrogens is 256 g/mol. The van der Waals surface area contributed by atoms with Gasteiger partial charge in [0, 0.05) is 25.5 Å². The number of nitrogens with one attached hydrogen (secondary N) is 1. The molecule has 3 N–H and O–H groups in total. The van der Waals surface area contributed by atoms with Gasteiger partial charge < -0.3 is 20.4 Å². The van der Waals surface area contributed by atoms with E-state index in [4.69, 9.17) is 10.5 Å². The predicted octanol–water partition coefficient (Wildman–Crippen LogP) is 1.55. The largest absolute Gasteiger partial charge is 0.476 e. The normalized spacial score (nSPS) is 10.4. The van der Waals surface area contributed by atoms with Gasteiger partial charge in [-0.2, -0.15) is 4.98 Å². The van der Waals surface area contributed by atoms with Crippen LogP contribution in [0, 0.1) is 0 Å². The smallest absolute Gasteiger partial charge is 0.242 e. The van der Waals surface area contributed by atoms with Crippen LogP contribution in [-0.4, -0.2) is 32.7 Å². The fourth-order valence-corrected chi connectivity index (χ4v) is 1.72. The maximum Gasteiger partial charge on any atom is 0.242 e. The Morgan fingerprint density at radius 3 is 3.05 bits per heavy atom. The molecule has 0 aliphatic heterocycles. The number of aryl methyl sites for hydroxylation is 1. The van der Waals surface area contributed by atoms with E-state index in [1.165, 1.54) is 6.33 Å². The molecule has 0 aliphatic rings. The molecular formula is C13H20N6O. The third-order valence-corrected chi connectivity index (χ3v) is 2.73. The summed E-state index contributed by atoms with van der Waals surface area (Å²) in [7, 11) is 0. The van der Waals surface area contributed by atoms with E-state index in [9.17, 15) is 0 Å². The maximum absolute atomic E-state index is 5.97. The minimum Gasteiger partial charge on any atom is -0.476 e. The van der Waals surface area contributed by atoms with E-state index in [1.807, 2.05) is 17.7 Å². The van der Waals surface area contributed by atoms with Crippen molar-refractivity contribution in [2.75, 3.05) is 24.2 Å². The molecule has 0 unspecified atom stereocenters. The number of nitrogens with zero attached hydrogens (tertiary/aromatic N) is 4. The Morgan fingerprint density at radius 2 is 2.30 bits per heavy atom. The Kier molecular flexibility index (Phi) is 5.16. The number of imidazole rings is 1. The first-order valence-corrected chi connectivity index (χ1v) is 6.74. The quantitative estimate of drug-likeness (QED) is 0.711. The molecule has 0 radical (unpaired) electrons. The summed E-state index contributed by atoms with van der Waals surface area (Å²) >= 11 is 0. The summed E-state index contributed by atoms with van der Waals surface area (Å²) < 4.78 is 7.49. The molecule has 7 nitrogen and oxygen atoms in total. The molecule has 108 valence electrons. The first-order valence-electron chi connectivity index (χ1n) is 6.74. The van der Waals surface area contributed by atoms with Crippen LogP contribution >= 0.6 is 0 Å². The highest BCUT2D eigenvalue weighted by Gasteiger charge is 2.08. The molecule has 0 aliphatic carbocycles. The number of rotatable bonds is 8. The molecule has 7 heteroatoms. The molecule has 2 heterocycles. The van der Waals surface area contributed by atoms with Crippen molar-refractivity contribution >= 4 is 11.5 Å². The first-order chi connectivity index (χ1) is 9.81. The Labute approximate surface area is 118 Å². The Morgan fingerprint density at radius 1 is 1.40 bits per heavy atom. The number of nitrogen functional groups attached to an aromatic ring is 1. The lowest BCUT2D eigenvalue weighted by molar-refractivity contribution is 0.306. The predicted molar refractivity (Wildman–Crippen MR) is 77.6 cm³/mol. The highest BCUT2D eigenvalue weighted by Crippen LogP contribution is 2.24. The van der Waals surface area contributed by atoms with Crippen LogP contribution in [0.2, 0.25) is 0 Å². The van der Waals surface area contributed by atoms with Gasteiger partial charge in [0.05, 0.1) is 12.9 Å². The second-order valence-electron chi connectivity index (χ2n) is 4.37. The Hall–Kier alpha value is -2.31. The molecule has 0 amide bonds. The van der Waals surface area contributed by atoms with Crippen LogP contribution in [0.4, 0.5) is 11.5 Å². The SMILES string of the molecule is CCCOc1ncnc(NCCCn2ccnc2)c1N. The van der Waals surface area contributed by atoms with Crippen LogP contribution in [0.25, 0.3) is 0 Å². The van der Waals surface area contributed by atoms with E-state index in [1.54, 1.807) is 12.5 Å². The fourth-order valence-electron chi connectivity index (χ4n) is 1.72. The van der Waals surface area contributed by atoms with Crippen molar-refractivity contribution in [2.45, 2.75) is 26.3 Å². The standard InChI is InChI=1S/C13H20N6O/c1-2-8-20-13-11(14)12(17-9-18-13)16-4-3-6-19-7-5-15-10-19/h5,7,9-10H,2-4,6,8,14H2,1H3,(H,16,17,18). The molecule has 0 saturated carbocycles. The van der Waals surface area contributed by atoms with Crippen molar-refractivity contribution in [3.05, 3.63) is 25.0 Å². The van der Waals surface area contributed by atoms with Crippen LogP contribution in [0.3, 0.4) is 0 Å². The molecule has 0 aromatic carbocycles. The number of hydrogen-bond donors (Lipinski definition) is 2. The molecule has 0 bridgehead atoms. The van der Waals surface area contributed by atoms with Crippen LogP contribution in [0.5, 0.6) is 5.88 Å². The van der Waals surface area contributed by atoms with Gasteiger partial charge in [0.1, 0.15) is 12.0 Å². The zero-order valence-electron chi connectivity index (χ0n) is 11.6. The average molecular weight is 276 g/mol. The van der Waals surface area contributed by atoms with Gasteiger partial charge in [0.25, 0.3) is 0 Å². The number of anilines is 2. The van der Waals surface area contributed by atoms with Crippen molar-refractivity contribution in [1.82, 2.24) is 19.5 Å². The van der Waals surface area contributed by atoms with Crippen LogP contribution in [0.15, 0.2) is 25.0 Å². The van der Waals surface area contributed by atoms with Crippen molar-refractivity contribution in [1.29, 1.82) is 0 Å². The maximum atomic E-state index is 5.97. The van der Waals surface area contributed by atoms with Crippen molar-refractivity contribution < 1.29 is 4.74 Å². The molecule has 20 heavy (non-hydrogen) atoms. The third-order valence-electron chi connectivity index (χ3n) is 2.73. The fraction of sp³-hybridized carbons (Fsp3) is 0.462. The number of nitrogens with two attached hydrogens (primary N) is 1. The van der Waals surface area contributed by atoms with Gasteiger partial charge >= 0.3 is 0 Å². The summed E-state index contributed by atoms with van der Waals surface area (Å²) in [6, 6.07) is 0. The monoisotopic (exact) mass is 276 g/mol. The molecule has 2 aromatic heterocycles. The summed E-state index contributed by atoms with van der Waals surface area (Å²) in [5, 5.41) is 3.20. The summed E-state index contributed by atoms with van der Waals surface area (Å²) in [6.07, 6.45) is 8.83. The summed E-state index contributed by atoms with van der Waals surface area (Å²) in [6.45, 7) is 4.30. The van der Waals surface area contributed by atoms with Gasteiger partial charge in [-0.1, -0.05) is 6.92 Å². The van der Waals surface area contributed by atoms with Gasteiger partial charge in [0.2, 0.25) is 5.88 Å². The number of aromatic nitrogens is 4. The van der Waals surface area contributed by atoms with Gasteiger partial charge in [-0.25, -0.2) is 9.97 Å². The summed E-state index contributed by atoms with van der Waals surface area (Å²) in [5.74, 6) is 1.07. The minimum atomic E-state index is 0.443. The highest BCUT2D eigenvalue weighted by molar-refractivity contribution is 5.66. The lowest BCUT2D eigenvalue weighted by atomic mass is 10.4. The molecule has 2 aromatic rings. The zero-order valence-corrected chi connectivity index (χ0v) is 11.6. The Bertz CT molecular complexity index is 514. The van der Waals surface area contributed by atoms with Gasteiger partial charge in [0.15, 0.2) is 5.82 Å². The van der Waals surface area contributed by atoms with E-state index in [2.05, 4.69) is 20.3 Å². The van der Waals surface area contributed by atoms with Gasteiger partial charge in [-0.3, -0.25) is 0 Å². The first kappa shape index (κ1) is 14.1. The molecule has 2 rings (SSSR count). The van der Waals surface area contributed by atoms with Crippen molar-refractivity contribution in [3.63, 3.8) is 0 Å². The van der Waals surface area contributed by atoms with Crippen LogP contribution < -0.4 is 15.8 Å². The molecule has 0 spiro atoms. The zero-order chi connectivity index (χ0) is 14.2. The third kappa shape index (κ3) is 3.84. The molecule has 0 atom stereocenters. The highest BCUT2D eigenvalue weighted by atomic mass is 16.5. The molecule has 0 saturated heterocycles. The number of ether oxygens (including phenoxy) is 1. The topological polar surface area (TPSA) is 90.9 Å². The van der Waals surface area contributed by atoms with E-state index in [0.29, 0.717) is 24.0 Å². The summed E-state index contributed by atoms with van der Waals surface area (Å²) in [5.41, 5.74) is 6.43. The van der Waals surface area contributed by atoms with Crippen LogP contribution in [-0.2, 0) is 6.54 Å². The second-order valence-corrected chi connectivity index (χ2v) is 4.37. The van der Waals surface area contributed by atoms with Crippen molar-refractivity contribution in [3.8, 4) is 5.88 Å². The lowest BCUT2D eigenvalue weighted by Gasteiger charge is -2.11. The van der Waals surface area contributed by atoms with Gasteiger partial charge in [-0.05, 0) is 12.8 Å². The Balaban J connectivity index is 1.82. The molecule has 0 fully saturated rings. The van der Waals surface area contributed by atoms with E-state index in [-0.39, 0.29) is 0 Å². The van der Waals surface area contributed by atoms with Crippen LogP contribution in [0.1, 0.15) is 19.8 Å². The minimum absolute atomic E-state index is 0.443.